The van der Waals surface area contributed by atoms with Crippen molar-refractivity contribution in [3.63, 3.8) is 0 Å². The summed E-state index contributed by atoms with van der Waals surface area (Å²) >= 11 is 0. The molecule has 3 rings (SSSR count). The Morgan fingerprint density at radius 1 is 1.08 bits per heavy atom. The van der Waals surface area contributed by atoms with Crippen LogP contribution in [0.1, 0.15) is 18.4 Å². The summed E-state index contributed by atoms with van der Waals surface area (Å²) < 4.78 is 0. The zero-order chi connectivity index (χ0) is 7.97. The third-order valence-electron chi connectivity index (χ3n) is 2.85. The summed E-state index contributed by atoms with van der Waals surface area (Å²) in [6, 6.07) is 8.60. The van der Waals surface area contributed by atoms with E-state index < -0.39 is 0 Å². The van der Waals surface area contributed by atoms with E-state index >= 15 is 0 Å². The minimum Gasteiger partial charge on any atom is -0.381 e. The number of nitrogens with one attached hydrogen (secondary N) is 1. The normalized spacial score (nSPS) is 19.0. The highest BCUT2D eigenvalue weighted by Crippen LogP contribution is 2.42. The average Bonchev–Trinajstić information content (AvgIpc) is 2.05. The number of anilines is 1. The van der Waals surface area contributed by atoms with Gasteiger partial charge in [0.2, 0.25) is 0 Å². The molecule has 60 valence electrons. The molecule has 2 aliphatic rings. The topological polar surface area (TPSA) is 12.0 Å². The largest absolute Gasteiger partial charge is 0.381 e. The molecular weight excluding hydrogens is 146 g/mol. The van der Waals surface area contributed by atoms with Crippen LogP contribution in [0.25, 0.3) is 5.57 Å². The van der Waals surface area contributed by atoms with Crippen molar-refractivity contribution in [1.82, 2.24) is 0 Å². The van der Waals surface area contributed by atoms with Crippen molar-refractivity contribution >= 4 is 11.3 Å². The molecule has 0 saturated carbocycles. The van der Waals surface area contributed by atoms with Crippen LogP contribution in [-0.2, 0) is 0 Å². The van der Waals surface area contributed by atoms with Gasteiger partial charge in [-0.3, -0.25) is 0 Å². The Morgan fingerprint density at radius 2 is 2.00 bits per heavy atom. The zero-order valence-electron chi connectivity index (χ0n) is 6.93. The maximum absolute atomic E-state index is 3.44. The van der Waals surface area contributed by atoms with E-state index in [1.165, 1.54) is 24.1 Å². The molecule has 1 aliphatic heterocycles. The fraction of sp³-hybridized carbons (Fsp3) is 0.273. The van der Waals surface area contributed by atoms with Crippen molar-refractivity contribution < 1.29 is 0 Å². The van der Waals surface area contributed by atoms with Gasteiger partial charge in [0, 0.05) is 17.8 Å². The van der Waals surface area contributed by atoms with Gasteiger partial charge in [-0.25, -0.2) is 0 Å². The number of hydrogen-bond donors (Lipinski definition) is 1. The first kappa shape index (κ1) is 6.30. The lowest BCUT2D eigenvalue weighted by Crippen LogP contribution is -2.19. The molecule has 0 bridgehead atoms. The maximum Gasteiger partial charge on any atom is 0.0419 e. The molecule has 0 saturated heterocycles. The Bertz CT molecular complexity index is 363. The average molecular weight is 157 g/mol. The molecule has 0 amide bonds. The first-order chi connectivity index (χ1) is 5.95. The molecule has 0 atom stereocenters. The number of benzene rings is 1. The third kappa shape index (κ3) is 0.685. The van der Waals surface area contributed by atoms with Crippen LogP contribution in [0.3, 0.4) is 0 Å². The van der Waals surface area contributed by atoms with Gasteiger partial charge in [0.1, 0.15) is 0 Å². The molecule has 1 aromatic rings. The Balaban J connectivity index is 2.22. The number of hydrogen-bond acceptors (Lipinski definition) is 1. The Labute approximate surface area is 72.1 Å². The lowest BCUT2D eigenvalue weighted by molar-refractivity contribution is 0.863. The van der Waals surface area contributed by atoms with E-state index in [4.69, 9.17) is 0 Å². The second-order valence-electron chi connectivity index (χ2n) is 3.48. The molecule has 1 heteroatoms. The van der Waals surface area contributed by atoms with Gasteiger partial charge >= 0.3 is 0 Å². The van der Waals surface area contributed by atoms with Crippen LogP contribution in [0.2, 0.25) is 0 Å². The first-order valence-corrected chi connectivity index (χ1v) is 4.49. The van der Waals surface area contributed by atoms with Crippen molar-refractivity contribution in [3.05, 3.63) is 35.4 Å². The third-order valence-corrected chi connectivity index (χ3v) is 2.85. The molecule has 1 heterocycles. The van der Waals surface area contributed by atoms with E-state index in [-0.39, 0.29) is 0 Å². The van der Waals surface area contributed by atoms with Crippen molar-refractivity contribution in [3.8, 4) is 0 Å². The highest BCUT2D eigenvalue weighted by atomic mass is 14.9. The predicted octanol–water partition coefficient (Wildman–Crippen LogP) is 2.66. The van der Waals surface area contributed by atoms with Crippen molar-refractivity contribution in [2.45, 2.75) is 12.8 Å². The van der Waals surface area contributed by atoms with Crippen LogP contribution in [0.4, 0.5) is 5.69 Å². The molecular formula is C11H11N. The van der Waals surface area contributed by atoms with Gasteiger partial charge in [-0.1, -0.05) is 18.2 Å². The highest BCUT2D eigenvalue weighted by molar-refractivity contribution is 5.84. The zero-order valence-corrected chi connectivity index (χ0v) is 6.93. The predicted molar refractivity (Wildman–Crippen MR) is 51.1 cm³/mol. The lowest BCUT2D eigenvalue weighted by Gasteiger charge is -2.31. The van der Waals surface area contributed by atoms with Crippen LogP contribution >= 0.6 is 0 Å². The molecule has 1 aliphatic carbocycles. The molecule has 12 heavy (non-hydrogen) atoms. The summed E-state index contributed by atoms with van der Waals surface area (Å²) in [5.41, 5.74) is 5.97. The summed E-state index contributed by atoms with van der Waals surface area (Å²) in [7, 11) is 0. The molecule has 0 unspecified atom stereocenters. The smallest absolute Gasteiger partial charge is 0.0419 e. The summed E-state index contributed by atoms with van der Waals surface area (Å²) in [5, 5.41) is 3.44. The molecule has 1 N–H and O–H groups in total. The Kier molecular flexibility index (Phi) is 1.12. The number of para-hydroxylation sites is 1. The molecule has 0 radical (unpaired) electrons. The van der Waals surface area contributed by atoms with Gasteiger partial charge in [0.05, 0.1) is 0 Å². The fourth-order valence-corrected chi connectivity index (χ4v) is 2.05. The van der Waals surface area contributed by atoms with Crippen molar-refractivity contribution in [2.75, 3.05) is 11.9 Å². The van der Waals surface area contributed by atoms with Crippen LogP contribution in [0.15, 0.2) is 29.8 Å². The van der Waals surface area contributed by atoms with Crippen LogP contribution in [0, 0.1) is 0 Å². The van der Waals surface area contributed by atoms with E-state index in [0.717, 1.165) is 6.54 Å². The van der Waals surface area contributed by atoms with E-state index in [1.54, 1.807) is 11.1 Å². The van der Waals surface area contributed by atoms with Crippen molar-refractivity contribution in [2.24, 2.45) is 0 Å². The second kappa shape index (κ2) is 2.13. The first-order valence-electron chi connectivity index (χ1n) is 4.49. The maximum atomic E-state index is 3.44. The van der Waals surface area contributed by atoms with Crippen LogP contribution in [-0.4, -0.2) is 6.54 Å². The molecule has 1 aromatic carbocycles. The second-order valence-corrected chi connectivity index (χ2v) is 3.48. The van der Waals surface area contributed by atoms with Gasteiger partial charge in [0.15, 0.2) is 0 Å². The molecule has 0 fully saturated rings. The number of rotatable bonds is 0. The van der Waals surface area contributed by atoms with Gasteiger partial charge < -0.3 is 5.32 Å². The van der Waals surface area contributed by atoms with Gasteiger partial charge in [-0.05, 0) is 30.1 Å². The SMILES string of the molecule is c1ccc2c(c1)NCC1=C2CC1. The van der Waals surface area contributed by atoms with E-state index in [1.807, 2.05) is 0 Å². The number of allylic oxidation sites excluding steroid dienone is 1. The van der Waals surface area contributed by atoms with Crippen LogP contribution in [0.5, 0.6) is 0 Å². The van der Waals surface area contributed by atoms with Gasteiger partial charge in [-0.2, -0.15) is 0 Å². The quantitative estimate of drug-likeness (QED) is 0.610. The highest BCUT2D eigenvalue weighted by Gasteiger charge is 2.23. The fourth-order valence-electron chi connectivity index (χ4n) is 2.05. The van der Waals surface area contributed by atoms with Crippen LogP contribution < -0.4 is 5.32 Å². The standard InChI is InChI=1S/C11H11N/c1-2-4-11-10(3-1)9-6-5-8(9)7-12-11/h1-4,12H,5-7H2. The lowest BCUT2D eigenvalue weighted by atomic mass is 9.81. The number of fused-ring (bicyclic) bond motifs is 2. The van der Waals surface area contributed by atoms with Gasteiger partial charge in [-0.15, -0.1) is 0 Å². The molecule has 1 nitrogen and oxygen atoms in total. The minimum atomic E-state index is 1.08. The van der Waals surface area contributed by atoms with E-state index in [0.29, 0.717) is 0 Å². The molecule has 0 aromatic heterocycles. The summed E-state index contributed by atoms with van der Waals surface area (Å²) in [6.07, 6.45) is 2.59. The summed E-state index contributed by atoms with van der Waals surface area (Å²) in [6.45, 7) is 1.08. The van der Waals surface area contributed by atoms with E-state index in [9.17, 15) is 0 Å². The van der Waals surface area contributed by atoms with Crippen molar-refractivity contribution in [1.29, 1.82) is 0 Å². The van der Waals surface area contributed by atoms with Gasteiger partial charge in [0.25, 0.3) is 0 Å². The summed E-state index contributed by atoms with van der Waals surface area (Å²) in [5.74, 6) is 0. The summed E-state index contributed by atoms with van der Waals surface area (Å²) in [4.78, 5) is 0. The Hall–Kier alpha value is -1.24. The minimum absolute atomic E-state index is 1.08. The Morgan fingerprint density at radius 3 is 2.83 bits per heavy atom. The van der Waals surface area contributed by atoms with E-state index in [2.05, 4.69) is 29.6 Å². The monoisotopic (exact) mass is 157 g/mol. The molecule has 0 spiro atoms.